The molecular formula is C20H31N3O3S. The van der Waals surface area contributed by atoms with Gasteiger partial charge in [0, 0.05) is 57.3 Å². The minimum absolute atomic E-state index is 0.191. The number of amides is 1. The SMILES string of the molecule is COCCNC(=O)[C@@]1(Cc2cscn2)C[C@H]2CC[C@@H]1N2CC1CCOCC1. The summed E-state index contributed by atoms with van der Waals surface area (Å²) in [4.78, 5) is 20.5. The molecule has 3 fully saturated rings. The lowest BCUT2D eigenvalue weighted by Gasteiger charge is -2.37. The zero-order valence-corrected chi connectivity index (χ0v) is 17.0. The van der Waals surface area contributed by atoms with Gasteiger partial charge >= 0.3 is 0 Å². The molecule has 1 aromatic heterocycles. The monoisotopic (exact) mass is 393 g/mol. The van der Waals surface area contributed by atoms with Crippen LogP contribution < -0.4 is 5.32 Å². The van der Waals surface area contributed by atoms with Gasteiger partial charge in [0.1, 0.15) is 0 Å². The van der Waals surface area contributed by atoms with Crippen LogP contribution in [-0.2, 0) is 20.7 Å². The van der Waals surface area contributed by atoms with Crippen molar-refractivity contribution in [1.82, 2.24) is 15.2 Å². The van der Waals surface area contributed by atoms with Crippen molar-refractivity contribution in [3.63, 3.8) is 0 Å². The number of rotatable bonds is 8. The Morgan fingerprint density at radius 3 is 3.00 bits per heavy atom. The van der Waals surface area contributed by atoms with Crippen LogP contribution in [0.15, 0.2) is 10.9 Å². The molecule has 0 spiro atoms. The third kappa shape index (κ3) is 3.92. The van der Waals surface area contributed by atoms with Crippen molar-refractivity contribution in [2.24, 2.45) is 11.3 Å². The average molecular weight is 394 g/mol. The van der Waals surface area contributed by atoms with E-state index in [9.17, 15) is 4.79 Å². The van der Waals surface area contributed by atoms with E-state index in [-0.39, 0.29) is 11.3 Å². The van der Waals surface area contributed by atoms with Gasteiger partial charge in [0.25, 0.3) is 0 Å². The Morgan fingerprint density at radius 2 is 2.26 bits per heavy atom. The number of carbonyl (C=O) groups excluding carboxylic acids is 1. The van der Waals surface area contributed by atoms with Crippen LogP contribution in [0.4, 0.5) is 0 Å². The Morgan fingerprint density at radius 1 is 1.41 bits per heavy atom. The van der Waals surface area contributed by atoms with Gasteiger partial charge in [-0.2, -0.15) is 0 Å². The third-order valence-electron chi connectivity index (χ3n) is 6.71. The molecule has 150 valence electrons. The quantitative estimate of drug-likeness (QED) is 0.686. The number of nitrogens with zero attached hydrogens (tertiary/aromatic N) is 2. The minimum Gasteiger partial charge on any atom is -0.383 e. The Labute approximate surface area is 165 Å². The fourth-order valence-electron chi connectivity index (χ4n) is 5.41. The van der Waals surface area contributed by atoms with E-state index in [0.717, 1.165) is 57.6 Å². The molecule has 0 aromatic carbocycles. The fraction of sp³-hybridized carbons (Fsp3) is 0.800. The van der Waals surface area contributed by atoms with Crippen molar-refractivity contribution < 1.29 is 14.3 Å². The van der Waals surface area contributed by atoms with E-state index in [2.05, 4.69) is 20.6 Å². The Balaban J connectivity index is 1.52. The van der Waals surface area contributed by atoms with Crippen molar-refractivity contribution >= 4 is 17.2 Å². The van der Waals surface area contributed by atoms with Gasteiger partial charge in [0.2, 0.25) is 5.91 Å². The van der Waals surface area contributed by atoms with Crippen molar-refractivity contribution in [3.05, 3.63) is 16.6 Å². The van der Waals surface area contributed by atoms with E-state index < -0.39 is 0 Å². The standard InChI is InChI=1S/C20H31N3O3S/c1-25-9-6-21-19(24)20(10-16-13-27-14-22-16)11-17-2-3-18(20)23(17)12-15-4-7-26-8-5-15/h13-15,17-18H,2-12H2,1H3,(H,21,24)/t17-,18+,20+/m1/s1. The van der Waals surface area contributed by atoms with E-state index in [1.54, 1.807) is 18.4 Å². The molecular weight excluding hydrogens is 362 g/mol. The first-order chi connectivity index (χ1) is 13.2. The van der Waals surface area contributed by atoms with Gasteiger partial charge < -0.3 is 14.8 Å². The molecule has 7 heteroatoms. The van der Waals surface area contributed by atoms with E-state index in [1.165, 1.54) is 6.42 Å². The van der Waals surface area contributed by atoms with Crippen molar-refractivity contribution in [2.45, 2.75) is 50.6 Å². The predicted molar refractivity (Wildman–Crippen MR) is 105 cm³/mol. The van der Waals surface area contributed by atoms with Gasteiger partial charge in [0.05, 0.1) is 23.2 Å². The second-order valence-corrected chi connectivity index (χ2v) is 8.98. The lowest BCUT2D eigenvalue weighted by atomic mass is 9.70. The first-order valence-electron chi connectivity index (χ1n) is 10.2. The number of thiazole rings is 1. The van der Waals surface area contributed by atoms with Gasteiger partial charge in [-0.05, 0) is 38.0 Å². The highest BCUT2D eigenvalue weighted by Crippen LogP contribution is 2.52. The summed E-state index contributed by atoms with van der Waals surface area (Å²) in [5.74, 6) is 0.894. The molecule has 3 aliphatic heterocycles. The summed E-state index contributed by atoms with van der Waals surface area (Å²) in [5, 5.41) is 5.25. The first kappa shape index (κ1) is 19.3. The molecule has 3 atom stereocenters. The second-order valence-electron chi connectivity index (χ2n) is 8.27. The van der Waals surface area contributed by atoms with Crippen molar-refractivity contribution in [3.8, 4) is 0 Å². The lowest BCUT2D eigenvalue weighted by molar-refractivity contribution is -0.133. The van der Waals surface area contributed by atoms with Crippen LogP contribution in [0.2, 0.25) is 0 Å². The lowest BCUT2D eigenvalue weighted by Crippen LogP contribution is -2.51. The van der Waals surface area contributed by atoms with E-state index in [1.807, 2.05) is 5.51 Å². The number of methoxy groups -OCH3 is 1. The average Bonchev–Trinajstić information content (AvgIpc) is 3.39. The zero-order valence-electron chi connectivity index (χ0n) is 16.2. The van der Waals surface area contributed by atoms with E-state index >= 15 is 0 Å². The minimum atomic E-state index is -0.351. The number of aromatic nitrogens is 1. The number of carbonyl (C=O) groups is 1. The van der Waals surface area contributed by atoms with Gasteiger partial charge in [-0.25, -0.2) is 4.98 Å². The van der Waals surface area contributed by atoms with Crippen molar-refractivity contribution in [1.29, 1.82) is 0 Å². The molecule has 2 bridgehead atoms. The number of fused-ring (bicyclic) bond motifs is 2. The predicted octanol–water partition coefficient (Wildman–Crippen LogP) is 2.10. The summed E-state index contributed by atoms with van der Waals surface area (Å²) in [7, 11) is 1.67. The summed E-state index contributed by atoms with van der Waals surface area (Å²) in [6.45, 7) is 4.01. The van der Waals surface area contributed by atoms with E-state index in [4.69, 9.17) is 9.47 Å². The molecule has 0 unspecified atom stereocenters. The normalized spacial score (nSPS) is 31.4. The molecule has 1 N–H and O–H groups in total. The highest BCUT2D eigenvalue weighted by molar-refractivity contribution is 7.07. The Hall–Kier alpha value is -1.02. The fourth-order valence-corrected chi connectivity index (χ4v) is 5.97. The van der Waals surface area contributed by atoms with Crippen LogP contribution in [0.3, 0.4) is 0 Å². The van der Waals surface area contributed by atoms with Crippen LogP contribution in [0, 0.1) is 11.3 Å². The summed E-state index contributed by atoms with van der Waals surface area (Å²) in [6, 6.07) is 0.860. The molecule has 6 nitrogen and oxygen atoms in total. The van der Waals surface area contributed by atoms with Gasteiger partial charge in [-0.15, -0.1) is 11.3 Å². The summed E-state index contributed by atoms with van der Waals surface area (Å²) >= 11 is 1.61. The number of hydrogen-bond acceptors (Lipinski definition) is 6. The maximum Gasteiger partial charge on any atom is 0.228 e. The van der Waals surface area contributed by atoms with Crippen molar-refractivity contribution in [2.75, 3.05) is 40.0 Å². The largest absolute Gasteiger partial charge is 0.383 e. The van der Waals surface area contributed by atoms with E-state index in [0.29, 0.717) is 31.2 Å². The topological polar surface area (TPSA) is 63.7 Å². The molecule has 1 amide bonds. The summed E-state index contributed by atoms with van der Waals surface area (Å²) in [5.41, 5.74) is 2.58. The van der Waals surface area contributed by atoms with Crippen LogP contribution in [-0.4, -0.2) is 67.9 Å². The maximum absolute atomic E-state index is 13.4. The van der Waals surface area contributed by atoms with Gasteiger partial charge in [-0.1, -0.05) is 0 Å². The molecule has 1 aromatic rings. The van der Waals surface area contributed by atoms with Gasteiger partial charge in [-0.3, -0.25) is 9.69 Å². The third-order valence-corrected chi connectivity index (χ3v) is 7.35. The first-order valence-corrected chi connectivity index (χ1v) is 11.1. The molecule has 0 radical (unpaired) electrons. The van der Waals surface area contributed by atoms with Crippen LogP contribution in [0.1, 0.15) is 37.8 Å². The number of ether oxygens (including phenoxy) is 2. The number of hydrogen-bond donors (Lipinski definition) is 1. The highest BCUT2D eigenvalue weighted by atomic mass is 32.1. The highest BCUT2D eigenvalue weighted by Gasteiger charge is 2.59. The van der Waals surface area contributed by atoms with Crippen LogP contribution in [0.25, 0.3) is 0 Å². The molecule has 0 saturated carbocycles. The Bertz CT molecular complexity index is 620. The van der Waals surface area contributed by atoms with Gasteiger partial charge in [0.15, 0.2) is 0 Å². The maximum atomic E-state index is 13.4. The Kier molecular flexibility index (Phi) is 6.12. The molecule has 4 rings (SSSR count). The molecule has 27 heavy (non-hydrogen) atoms. The van der Waals surface area contributed by atoms with Crippen LogP contribution >= 0.6 is 11.3 Å². The second kappa shape index (κ2) is 8.55. The number of nitrogens with one attached hydrogen (secondary N) is 1. The zero-order chi connectivity index (χ0) is 18.7. The summed E-state index contributed by atoms with van der Waals surface area (Å²) in [6.07, 6.45) is 6.34. The molecule has 3 saturated heterocycles. The van der Waals surface area contributed by atoms with Crippen LogP contribution in [0.5, 0.6) is 0 Å². The molecule has 4 heterocycles. The smallest absolute Gasteiger partial charge is 0.228 e. The summed E-state index contributed by atoms with van der Waals surface area (Å²) < 4.78 is 10.7. The molecule has 3 aliphatic rings. The molecule has 0 aliphatic carbocycles.